The van der Waals surface area contributed by atoms with Crippen molar-refractivity contribution in [2.45, 2.75) is 148 Å². The Labute approximate surface area is 240 Å². The minimum atomic E-state index is -1.83. The van der Waals surface area contributed by atoms with E-state index in [-0.39, 0.29) is 23.3 Å². The second kappa shape index (κ2) is 11.6. The number of aryl methyl sites for hydroxylation is 1. The van der Waals surface area contributed by atoms with Gasteiger partial charge in [0, 0.05) is 23.1 Å². The van der Waals surface area contributed by atoms with Crippen LogP contribution in [-0.4, -0.2) is 48.2 Å². The molecule has 2 aromatic heterocycles. The van der Waals surface area contributed by atoms with E-state index < -0.39 is 13.9 Å². The van der Waals surface area contributed by atoms with Gasteiger partial charge in [-0.3, -0.25) is 0 Å². The molecule has 0 bridgehead atoms. The first kappa shape index (κ1) is 30.3. The third-order valence-electron chi connectivity index (χ3n) is 8.79. The smallest absolute Gasteiger partial charge is 0.407 e. The number of amides is 1. The summed E-state index contributed by atoms with van der Waals surface area (Å²) in [6, 6.07) is 0.491. The molecule has 39 heavy (non-hydrogen) atoms. The molecule has 2 N–H and O–H groups in total. The molecule has 2 atom stereocenters. The number of fused-ring (bicyclic) bond motifs is 3. The largest absolute Gasteiger partial charge is 0.444 e. The van der Waals surface area contributed by atoms with E-state index in [0.29, 0.717) is 12.0 Å². The van der Waals surface area contributed by atoms with Crippen molar-refractivity contribution in [2.75, 3.05) is 5.32 Å². The molecule has 2 aromatic rings. The van der Waals surface area contributed by atoms with Crippen molar-refractivity contribution in [1.82, 2.24) is 15.3 Å². The number of ether oxygens (including phenoxy) is 1. The third-order valence-corrected chi connectivity index (χ3v) is 14.5. The lowest BCUT2D eigenvalue weighted by Gasteiger charge is -2.39. The summed E-state index contributed by atoms with van der Waals surface area (Å²) in [5, 5.41) is 8.28. The van der Waals surface area contributed by atoms with Gasteiger partial charge in [0.1, 0.15) is 22.6 Å². The molecule has 4 rings (SSSR count). The molecule has 9 heteroatoms. The lowest BCUT2D eigenvalue weighted by Crippen LogP contribution is -2.44. The van der Waals surface area contributed by atoms with Crippen molar-refractivity contribution in [3.63, 3.8) is 0 Å². The highest BCUT2D eigenvalue weighted by molar-refractivity contribution is 7.19. The van der Waals surface area contributed by atoms with Crippen LogP contribution in [-0.2, 0) is 15.6 Å². The number of carbonyl (C=O) groups is 1. The Morgan fingerprint density at radius 3 is 2.36 bits per heavy atom. The van der Waals surface area contributed by atoms with Crippen LogP contribution in [0.3, 0.4) is 0 Å². The van der Waals surface area contributed by atoms with E-state index in [1.165, 1.54) is 22.2 Å². The Morgan fingerprint density at radius 2 is 1.74 bits per heavy atom. The normalized spacial score (nSPS) is 22.9. The van der Waals surface area contributed by atoms with Crippen LogP contribution in [0.1, 0.15) is 110 Å². The Hall–Kier alpha value is -1.71. The first-order chi connectivity index (χ1) is 18.2. The van der Waals surface area contributed by atoms with Gasteiger partial charge in [-0.2, -0.15) is 0 Å². The van der Waals surface area contributed by atoms with E-state index >= 15 is 0 Å². The van der Waals surface area contributed by atoms with Crippen molar-refractivity contribution in [2.24, 2.45) is 0 Å². The van der Waals surface area contributed by atoms with Crippen LogP contribution < -0.4 is 10.6 Å². The molecule has 0 radical (unpaired) electrons. The molecule has 218 valence electrons. The molecule has 0 aliphatic heterocycles. The molecule has 0 aromatic carbocycles. The molecular formula is C30H50N4O3SSi. The van der Waals surface area contributed by atoms with E-state index in [1.807, 2.05) is 32.1 Å². The third kappa shape index (κ3) is 7.33. The predicted octanol–water partition coefficient (Wildman–Crippen LogP) is 8.16. The minimum absolute atomic E-state index is 0.157. The Kier molecular flexibility index (Phi) is 9.03. The van der Waals surface area contributed by atoms with Gasteiger partial charge < -0.3 is 19.8 Å². The van der Waals surface area contributed by atoms with E-state index in [4.69, 9.17) is 14.1 Å². The molecule has 1 unspecified atom stereocenters. The highest BCUT2D eigenvalue weighted by Gasteiger charge is 2.40. The van der Waals surface area contributed by atoms with E-state index in [0.717, 1.165) is 55.6 Å². The zero-order valence-corrected chi connectivity index (χ0v) is 27.4. The van der Waals surface area contributed by atoms with Gasteiger partial charge in [-0.05, 0) is 102 Å². The van der Waals surface area contributed by atoms with Crippen LogP contribution in [0, 0.1) is 0 Å². The zero-order chi connectivity index (χ0) is 28.6. The number of alkyl carbamates (subject to hydrolysis) is 1. The van der Waals surface area contributed by atoms with Crippen molar-refractivity contribution >= 4 is 41.8 Å². The SMILES string of the molecule is CCC(C[C@H]1CCc2sc3ncnc(NC4CCC(NC(=O)OC(C)(C)C)CC4)c3c21)O[Si](C)(C)C(C)(C)C. The average Bonchev–Trinajstić information content (AvgIpc) is 3.37. The minimum Gasteiger partial charge on any atom is -0.444 e. The summed E-state index contributed by atoms with van der Waals surface area (Å²) in [5.41, 5.74) is 0.990. The fraction of sp³-hybridized carbons (Fsp3) is 0.767. The molecular weight excluding hydrogens is 525 g/mol. The Balaban J connectivity index is 1.44. The van der Waals surface area contributed by atoms with E-state index in [1.54, 1.807) is 6.33 Å². The van der Waals surface area contributed by atoms with Crippen LogP contribution in [0.4, 0.5) is 10.6 Å². The molecule has 2 aliphatic rings. The van der Waals surface area contributed by atoms with Crippen LogP contribution >= 0.6 is 11.3 Å². The first-order valence-corrected chi connectivity index (χ1v) is 18.6. The molecule has 1 fully saturated rings. The number of nitrogens with zero attached hydrogens (tertiary/aromatic N) is 2. The van der Waals surface area contributed by atoms with Crippen molar-refractivity contribution in [3.05, 3.63) is 16.8 Å². The number of carbonyl (C=O) groups excluding carboxylic acids is 1. The molecule has 7 nitrogen and oxygen atoms in total. The lowest BCUT2D eigenvalue weighted by atomic mass is 9.90. The Morgan fingerprint density at radius 1 is 1.08 bits per heavy atom. The summed E-state index contributed by atoms with van der Waals surface area (Å²) < 4.78 is 12.3. The molecule has 2 aliphatic carbocycles. The predicted molar refractivity (Wildman–Crippen MR) is 164 cm³/mol. The highest BCUT2D eigenvalue weighted by atomic mass is 32.1. The van der Waals surface area contributed by atoms with Crippen molar-refractivity contribution in [3.8, 4) is 0 Å². The maximum Gasteiger partial charge on any atom is 0.407 e. The number of hydrogen-bond donors (Lipinski definition) is 2. The zero-order valence-electron chi connectivity index (χ0n) is 25.6. The maximum absolute atomic E-state index is 12.2. The number of thiophene rings is 1. The first-order valence-electron chi connectivity index (χ1n) is 14.9. The van der Waals surface area contributed by atoms with E-state index in [9.17, 15) is 4.79 Å². The van der Waals surface area contributed by atoms with Crippen molar-refractivity contribution < 1.29 is 14.0 Å². The maximum atomic E-state index is 12.2. The number of nitrogens with one attached hydrogen (secondary N) is 2. The average molecular weight is 575 g/mol. The number of rotatable bonds is 8. The van der Waals surface area contributed by atoms with Crippen LogP contribution in [0.15, 0.2) is 6.33 Å². The van der Waals surface area contributed by atoms with Crippen LogP contribution in [0.5, 0.6) is 0 Å². The van der Waals surface area contributed by atoms with Crippen molar-refractivity contribution in [1.29, 1.82) is 0 Å². The highest BCUT2D eigenvalue weighted by Crippen LogP contribution is 2.48. The van der Waals surface area contributed by atoms with Gasteiger partial charge in [0.15, 0.2) is 8.32 Å². The van der Waals surface area contributed by atoms with Gasteiger partial charge >= 0.3 is 6.09 Å². The summed E-state index contributed by atoms with van der Waals surface area (Å²) in [6.07, 6.45) is 9.92. The molecule has 0 spiro atoms. The summed E-state index contributed by atoms with van der Waals surface area (Å²) in [6.45, 7) is 19.6. The summed E-state index contributed by atoms with van der Waals surface area (Å²) in [4.78, 5) is 24.2. The standard InChI is InChI=1S/C30H50N4O3SSi/c1-10-22(37-39(8,9)30(5,6)7)17-19-11-16-23-24(19)25-26(31-18-32-27(25)38-23)33-20-12-14-21(15-13-20)34-28(35)36-29(2,3)4/h18-22H,10-17H2,1-9H3,(H,34,35)(H,31,32,33)/t19-,20?,21?,22?/m1/s1. The fourth-order valence-electron chi connectivity index (χ4n) is 5.67. The lowest BCUT2D eigenvalue weighted by molar-refractivity contribution is 0.0492. The summed E-state index contributed by atoms with van der Waals surface area (Å²) in [7, 11) is -1.83. The number of hydrogen-bond acceptors (Lipinski definition) is 7. The number of aromatic nitrogens is 2. The quantitative estimate of drug-likeness (QED) is 0.309. The number of anilines is 1. The Bertz CT molecular complexity index is 1150. The molecule has 1 amide bonds. The monoisotopic (exact) mass is 574 g/mol. The van der Waals surface area contributed by atoms with Gasteiger partial charge in [-0.25, -0.2) is 14.8 Å². The molecule has 1 saturated carbocycles. The van der Waals surface area contributed by atoms with Crippen LogP contribution in [0.2, 0.25) is 18.1 Å². The molecule has 0 saturated heterocycles. The van der Waals surface area contributed by atoms with Gasteiger partial charge in [0.05, 0.1) is 5.39 Å². The van der Waals surface area contributed by atoms with Gasteiger partial charge in [0.25, 0.3) is 0 Å². The van der Waals surface area contributed by atoms with Gasteiger partial charge in [0.2, 0.25) is 0 Å². The fourth-order valence-corrected chi connectivity index (χ4v) is 8.36. The summed E-state index contributed by atoms with van der Waals surface area (Å²) in [5.74, 6) is 1.47. The topological polar surface area (TPSA) is 85.4 Å². The molecule has 2 heterocycles. The van der Waals surface area contributed by atoms with E-state index in [2.05, 4.69) is 56.4 Å². The second-order valence-electron chi connectivity index (χ2n) is 14.1. The van der Waals surface area contributed by atoms with Gasteiger partial charge in [-0.15, -0.1) is 11.3 Å². The van der Waals surface area contributed by atoms with Crippen LogP contribution in [0.25, 0.3) is 10.2 Å². The summed E-state index contributed by atoms with van der Waals surface area (Å²) >= 11 is 1.85. The van der Waals surface area contributed by atoms with Gasteiger partial charge in [-0.1, -0.05) is 27.7 Å². The second-order valence-corrected chi connectivity index (χ2v) is 19.9.